The quantitative estimate of drug-likeness (QED) is 0.770. The molecule has 0 spiro atoms. The van der Waals surface area contributed by atoms with Gasteiger partial charge < -0.3 is 14.7 Å². The number of hydrogen-bond acceptors (Lipinski definition) is 6. The number of anilines is 2. The summed E-state index contributed by atoms with van der Waals surface area (Å²) in [4.78, 5) is 26.7. The Morgan fingerprint density at radius 1 is 1.21 bits per heavy atom. The van der Waals surface area contributed by atoms with E-state index >= 15 is 0 Å². The van der Waals surface area contributed by atoms with Crippen LogP contribution in [0.4, 0.5) is 15.8 Å². The van der Waals surface area contributed by atoms with Crippen LogP contribution >= 0.6 is 0 Å². The third-order valence-electron chi connectivity index (χ3n) is 6.36. The number of hydrogen-bond donors (Lipinski definition) is 0. The first-order valence-corrected chi connectivity index (χ1v) is 10.3. The highest BCUT2D eigenvalue weighted by Gasteiger charge is 2.39. The summed E-state index contributed by atoms with van der Waals surface area (Å²) in [7, 11) is 8.00. The highest BCUT2D eigenvalue weighted by atomic mass is 19.1. The summed E-state index contributed by atoms with van der Waals surface area (Å²) in [5.41, 5.74) is 2.03. The van der Waals surface area contributed by atoms with Crippen molar-refractivity contribution in [3.63, 3.8) is 0 Å². The van der Waals surface area contributed by atoms with Crippen LogP contribution in [0.5, 0.6) is 0 Å². The van der Waals surface area contributed by atoms with Gasteiger partial charge in [-0.25, -0.2) is 9.37 Å². The van der Waals surface area contributed by atoms with Gasteiger partial charge in [0.1, 0.15) is 17.2 Å². The van der Waals surface area contributed by atoms with Crippen molar-refractivity contribution in [2.45, 2.75) is 25.4 Å². The van der Waals surface area contributed by atoms with Crippen LogP contribution < -0.4 is 15.4 Å². The van der Waals surface area contributed by atoms with Crippen molar-refractivity contribution in [2.24, 2.45) is 7.05 Å². The topological polar surface area (TPSA) is 47.9 Å². The lowest BCUT2D eigenvalue weighted by Gasteiger charge is -2.51. The fourth-order valence-electron chi connectivity index (χ4n) is 4.67. The largest absolute Gasteiger partial charge is 0.363 e. The van der Waals surface area contributed by atoms with Gasteiger partial charge in [0.05, 0.1) is 17.9 Å². The molecule has 2 unspecified atom stereocenters. The number of aromatic nitrogens is 2. The summed E-state index contributed by atoms with van der Waals surface area (Å²) in [6, 6.07) is 2.16. The molecule has 0 bridgehead atoms. The van der Waals surface area contributed by atoms with Crippen LogP contribution in [0.1, 0.15) is 13.3 Å². The van der Waals surface area contributed by atoms with Crippen LogP contribution in [-0.4, -0.2) is 85.3 Å². The molecule has 2 aliphatic rings. The third kappa shape index (κ3) is 3.48. The molecule has 0 radical (unpaired) electrons. The molecule has 158 valence electrons. The van der Waals surface area contributed by atoms with Gasteiger partial charge in [-0.1, -0.05) is 0 Å². The Morgan fingerprint density at radius 2 is 1.97 bits per heavy atom. The summed E-state index contributed by atoms with van der Waals surface area (Å²) < 4.78 is 15.8. The second-order valence-corrected chi connectivity index (χ2v) is 8.78. The van der Waals surface area contributed by atoms with E-state index < -0.39 is 0 Å². The molecular formula is C21H31FN6O. The van der Waals surface area contributed by atoms with Crippen molar-refractivity contribution < 1.29 is 4.39 Å². The van der Waals surface area contributed by atoms with Crippen LogP contribution in [0.25, 0.3) is 11.0 Å². The average molecular weight is 403 g/mol. The molecule has 0 amide bonds. The van der Waals surface area contributed by atoms with E-state index in [0.717, 1.165) is 50.2 Å². The standard InChI is InChI=1S/C21H31FN6O/c1-14-11-28-16(12-25(14)4)13-27(8-6-7-24(2)3)19-18(28)17-9-15(22)10-23-20(17)26(5)21(19)29/h9-10,14,16H,6-8,11-13H2,1-5H3. The molecule has 4 heterocycles. The zero-order chi connectivity index (χ0) is 20.9. The zero-order valence-electron chi connectivity index (χ0n) is 18.0. The molecule has 0 N–H and O–H groups in total. The molecule has 2 aliphatic heterocycles. The van der Waals surface area contributed by atoms with E-state index in [1.54, 1.807) is 11.6 Å². The summed E-state index contributed by atoms with van der Waals surface area (Å²) in [6.07, 6.45) is 2.16. The van der Waals surface area contributed by atoms with Crippen molar-refractivity contribution in [1.29, 1.82) is 0 Å². The molecule has 2 atom stereocenters. The molecule has 0 aliphatic carbocycles. The van der Waals surface area contributed by atoms with Crippen molar-refractivity contribution in [3.05, 3.63) is 28.4 Å². The molecule has 2 aromatic heterocycles. The van der Waals surface area contributed by atoms with E-state index in [-0.39, 0.29) is 17.4 Å². The van der Waals surface area contributed by atoms with Crippen molar-refractivity contribution in [1.82, 2.24) is 19.4 Å². The van der Waals surface area contributed by atoms with Gasteiger partial charge in [-0.15, -0.1) is 0 Å². The van der Waals surface area contributed by atoms with Gasteiger partial charge in [0, 0.05) is 44.7 Å². The van der Waals surface area contributed by atoms with Crippen LogP contribution in [0.3, 0.4) is 0 Å². The highest BCUT2D eigenvalue weighted by Crippen LogP contribution is 2.40. The number of halogens is 1. The molecule has 29 heavy (non-hydrogen) atoms. The van der Waals surface area contributed by atoms with Crippen molar-refractivity contribution in [2.75, 3.05) is 63.7 Å². The Kier molecular flexibility index (Phi) is 5.25. The fraction of sp³-hybridized carbons (Fsp3) is 0.619. The van der Waals surface area contributed by atoms with Crippen LogP contribution in [0.2, 0.25) is 0 Å². The van der Waals surface area contributed by atoms with Gasteiger partial charge >= 0.3 is 0 Å². The lowest BCUT2D eigenvalue weighted by atomic mass is 9.99. The van der Waals surface area contributed by atoms with Crippen LogP contribution in [0, 0.1) is 5.82 Å². The fourth-order valence-corrected chi connectivity index (χ4v) is 4.67. The van der Waals surface area contributed by atoms with E-state index in [1.807, 2.05) is 0 Å². The molecule has 1 saturated heterocycles. The molecule has 0 saturated carbocycles. The first-order chi connectivity index (χ1) is 13.8. The Labute approximate surface area is 171 Å². The highest BCUT2D eigenvalue weighted by molar-refractivity contribution is 5.98. The predicted octanol–water partition coefficient (Wildman–Crippen LogP) is 1.35. The van der Waals surface area contributed by atoms with E-state index in [4.69, 9.17) is 0 Å². The van der Waals surface area contributed by atoms with E-state index in [9.17, 15) is 9.18 Å². The van der Waals surface area contributed by atoms with Gasteiger partial charge in [0.2, 0.25) is 0 Å². The first-order valence-electron chi connectivity index (χ1n) is 10.3. The second kappa shape index (κ2) is 7.57. The third-order valence-corrected chi connectivity index (χ3v) is 6.36. The molecule has 0 aromatic carbocycles. The Bertz CT molecular complexity index is 974. The van der Waals surface area contributed by atoms with E-state index in [0.29, 0.717) is 17.4 Å². The van der Waals surface area contributed by atoms with Gasteiger partial charge in [-0.3, -0.25) is 14.3 Å². The minimum absolute atomic E-state index is 0.0542. The SMILES string of the molecule is CC1CN2c3c(c(=O)n(C)c4ncc(F)cc34)N(CCCN(C)C)CC2CN1C. The van der Waals surface area contributed by atoms with Gasteiger partial charge in [0.25, 0.3) is 5.56 Å². The smallest absolute Gasteiger partial charge is 0.277 e. The summed E-state index contributed by atoms with van der Waals surface area (Å²) >= 11 is 0. The summed E-state index contributed by atoms with van der Waals surface area (Å²) in [5.74, 6) is -0.373. The van der Waals surface area contributed by atoms with Crippen LogP contribution in [-0.2, 0) is 7.05 Å². The van der Waals surface area contributed by atoms with Crippen molar-refractivity contribution >= 4 is 22.4 Å². The number of nitrogens with zero attached hydrogens (tertiary/aromatic N) is 6. The molecule has 1 fully saturated rings. The van der Waals surface area contributed by atoms with Crippen LogP contribution in [0.15, 0.2) is 17.1 Å². The Hall–Kier alpha value is -2.19. The maximum atomic E-state index is 14.2. The normalized spacial score (nSPS) is 22.3. The average Bonchev–Trinajstić information content (AvgIpc) is 2.66. The maximum Gasteiger partial charge on any atom is 0.277 e. The number of aryl methyl sites for hydroxylation is 1. The lowest BCUT2D eigenvalue weighted by Crippen LogP contribution is -2.63. The Balaban J connectivity index is 1.89. The molecule has 8 heteroatoms. The summed E-state index contributed by atoms with van der Waals surface area (Å²) in [6.45, 7) is 6.50. The molecule has 2 aromatic rings. The first kappa shape index (κ1) is 20.1. The number of fused-ring (bicyclic) bond motifs is 5. The summed E-state index contributed by atoms with van der Waals surface area (Å²) in [5, 5.41) is 0.723. The maximum absolute atomic E-state index is 14.2. The van der Waals surface area contributed by atoms with E-state index in [2.05, 4.69) is 52.7 Å². The molecular weight excluding hydrogens is 371 g/mol. The lowest BCUT2D eigenvalue weighted by molar-refractivity contribution is 0.198. The number of rotatable bonds is 4. The second-order valence-electron chi connectivity index (χ2n) is 8.78. The minimum Gasteiger partial charge on any atom is -0.363 e. The number of piperazine rings is 1. The Morgan fingerprint density at radius 3 is 2.69 bits per heavy atom. The monoisotopic (exact) mass is 402 g/mol. The van der Waals surface area contributed by atoms with Gasteiger partial charge in [-0.05, 0) is 47.1 Å². The van der Waals surface area contributed by atoms with Gasteiger partial charge in [-0.2, -0.15) is 0 Å². The number of pyridine rings is 2. The minimum atomic E-state index is -0.373. The predicted molar refractivity (Wildman–Crippen MR) is 116 cm³/mol. The van der Waals surface area contributed by atoms with E-state index in [1.165, 1.54) is 12.3 Å². The molecule has 7 nitrogen and oxygen atoms in total. The van der Waals surface area contributed by atoms with Gasteiger partial charge in [0.15, 0.2) is 0 Å². The zero-order valence-corrected chi connectivity index (χ0v) is 18.0. The molecule has 4 rings (SSSR count). The van der Waals surface area contributed by atoms with Crippen molar-refractivity contribution in [3.8, 4) is 0 Å². The number of likely N-dealkylation sites (N-methyl/N-ethyl adjacent to an activating group) is 1.